The first-order valence-electron chi connectivity index (χ1n) is 13.0. The van der Waals surface area contributed by atoms with Crippen LogP contribution in [-0.4, -0.2) is 61.5 Å². The Bertz CT molecular complexity index is 1350. The quantitative estimate of drug-likeness (QED) is 0.312. The maximum Gasteiger partial charge on any atom is 0.247 e. The van der Waals surface area contributed by atoms with Gasteiger partial charge in [0.25, 0.3) is 0 Å². The monoisotopic (exact) mass is 528 g/mol. The van der Waals surface area contributed by atoms with Crippen LogP contribution in [0.4, 0.5) is 27.1 Å². The molecule has 1 amide bonds. The largest absolute Gasteiger partial charge is 0.392 e. The number of fused-ring (bicyclic) bond motifs is 1. The molecule has 0 bridgehead atoms. The molecule has 0 spiro atoms. The molecule has 1 saturated heterocycles. The third-order valence-electron chi connectivity index (χ3n) is 7.08. The second-order valence-electron chi connectivity index (χ2n) is 9.64. The lowest BCUT2D eigenvalue weighted by molar-refractivity contribution is -0.111. The molecule has 4 N–H and O–H groups in total. The van der Waals surface area contributed by atoms with Gasteiger partial charge in [-0.3, -0.25) is 9.69 Å². The van der Waals surface area contributed by atoms with Crippen molar-refractivity contribution < 1.29 is 14.3 Å². The van der Waals surface area contributed by atoms with E-state index in [2.05, 4.69) is 44.5 Å². The van der Waals surface area contributed by atoms with Gasteiger partial charge < -0.3 is 26.0 Å². The Morgan fingerprint density at radius 1 is 1.08 bits per heavy atom. The van der Waals surface area contributed by atoms with Crippen LogP contribution in [0.25, 0.3) is 0 Å². The number of hydrogen-bond donors (Lipinski definition) is 4. The number of aliphatic hydroxyl groups excluding tert-OH is 1. The Balaban J connectivity index is 1.43. The zero-order valence-corrected chi connectivity index (χ0v) is 21.7. The molecule has 1 unspecified atom stereocenters. The van der Waals surface area contributed by atoms with Crippen molar-refractivity contribution in [2.24, 2.45) is 4.99 Å². The summed E-state index contributed by atoms with van der Waals surface area (Å²) in [7, 11) is 0. The summed E-state index contributed by atoms with van der Waals surface area (Å²) in [6.07, 6.45) is 3.03. The summed E-state index contributed by atoms with van der Waals surface area (Å²) < 4.78 is 12.7. The SMILES string of the molecule is C=CC(=O)Nc1cccc(C2(Nc3ccc(N4CCN(CCF)CC4)cc3)N=Cc3ccc(CO)cc3N2)c1. The molecule has 1 atom stereocenters. The van der Waals surface area contributed by atoms with Crippen LogP contribution < -0.4 is 20.9 Å². The smallest absolute Gasteiger partial charge is 0.247 e. The molecule has 2 aliphatic rings. The van der Waals surface area contributed by atoms with Crippen LogP contribution in [0.2, 0.25) is 0 Å². The second kappa shape index (κ2) is 11.7. The van der Waals surface area contributed by atoms with Gasteiger partial charge in [-0.25, -0.2) is 9.38 Å². The zero-order chi connectivity index (χ0) is 27.2. The van der Waals surface area contributed by atoms with Crippen molar-refractivity contribution in [2.45, 2.75) is 12.4 Å². The van der Waals surface area contributed by atoms with Crippen molar-refractivity contribution in [1.29, 1.82) is 0 Å². The molecule has 3 aromatic carbocycles. The Labute approximate surface area is 227 Å². The van der Waals surface area contributed by atoms with E-state index in [0.717, 1.165) is 59.9 Å². The number of hydrogen-bond acceptors (Lipinski definition) is 7. The molecule has 0 aliphatic carbocycles. The number of carbonyl (C=O) groups is 1. The van der Waals surface area contributed by atoms with Crippen molar-refractivity contribution in [2.75, 3.05) is 60.2 Å². The fourth-order valence-corrected chi connectivity index (χ4v) is 4.93. The number of alkyl halides is 1. The van der Waals surface area contributed by atoms with Crippen LogP contribution in [0.15, 0.2) is 84.4 Å². The van der Waals surface area contributed by atoms with Crippen LogP contribution >= 0.6 is 0 Å². The Morgan fingerprint density at radius 2 is 1.87 bits per heavy atom. The molecule has 5 rings (SSSR count). The number of nitrogens with zero attached hydrogens (tertiary/aromatic N) is 3. The number of rotatable bonds is 9. The number of halogens is 1. The molecular formula is C30H33FN6O2. The zero-order valence-electron chi connectivity index (χ0n) is 21.7. The predicted molar refractivity (Wildman–Crippen MR) is 155 cm³/mol. The third kappa shape index (κ3) is 5.94. The van der Waals surface area contributed by atoms with Gasteiger partial charge in [-0.05, 0) is 54.1 Å². The van der Waals surface area contributed by atoms with Gasteiger partial charge in [0, 0.05) is 72.8 Å². The lowest BCUT2D eigenvalue weighted by Gasteiger charge is -2.38. The van der Waals surface area contributed by atoms with E-state index in [0.29, 0.717) is 12.2 Å². The molecule has 9 heteroatoms. The van der Waals surface area contributed by atoms with E-state index in [1.54, 1.807) is 6.21 Å². The summed E-state index contributed by atoms with van der Waals surface area (Å²) in [5.74, 6) is -1.37. The lowest BCUT2D eigenvalue weighted by Crippen LogP contribution is -2.47. The fourth-order valence-electron chi connectivity index (χ4n) is 4.93. The van der Waals surface area contributed by atoms with E-state index in [1.165, 1.54) is 6.08 Å². The summed E-state index contributed by atoms with van der Waals surface area (Å²) in [4.78, 5) is 21.3. The molecule has 2 heterocycles. The number of piperazine rings is 1. The molecule has 3 aromatic rings. The summed E-state index contributed by atoms with van der Waals surface area (Å²) >= 11 is 0. The van der Waals surface area contributed by atoms with Crippen LogP contribution in [0.1, 0.15) is 16.7 Å². The summed E-state index contributed by atoms with van der Waals surface area (Å²) in [5.41, 5.74) is 5.88. The number of amides is 1. The molecule has 1 fully saturated rings. The minimum absolute atomic E-state index is 0.0703. The van der Waals surface area contributed by atoms with Crippen molar-refractivity contribution >= 4 is 34.9 Å². The van der Waals surface area contributed by atoms with Crippen molar-refractivity contribution in [3.8, 4) is 0 Å². The minimum Gasteiger partial charge on any atom is -0.392 e. The summed E-state index contributed by atoms with van der Waals surface area (Å²) in [6.45, 7) is 7.05. The van der Waals surface area contributed by atoms with Crippen molar-refractivity contribution in [3.63, 3.8) is 0 Å². The van der Waals surface area contributed by atoms with Gasteiger partial charge in [-0.1, -0.05) is 30.8 Å². The van der Waals surface area contributed by atoms with Gasteiger partial charge in [0.1, 0.15) is 6.67 Å². The number of aliphatic imine (C=N–C) groups is 1. The van der Waals surface area contributed by atoms with E-state index in [1.807, 2.05) is 54.6 Å². The molecule has 202 valence electrons. The van der Waals surface area contributed by atoms with E-state index in [4.69, 9.17) is 4.99 Å². The van der Waals surface area contributed by atoms with Gasteiger partial charge in [0.05, 0.1) is 6.61 Å². The molecule has 39 heavy (non-hydrogen) atoms. The number of anilines is 4. The maximum atomic E-state index is 12.7. The van der Waals surface area contributed by atoms with Gasteiger partial charge >= 0.3 is 0 Å². The topological polar surface area (TPSA) is 92.2 Å². The Kier molecular flexibility index (Phi) is 7.90. The van der Waals surface area contributed by atoms with Crippen molar-refractivity contribution in [1.82, 2.24) is 4.90 Å². The van der Waals surface area contributed by atoms with Crippen LogP contribution in [0.3, 0.4) is 0 Å². The molecular weight excluding hydrogens is 495 g/mol. The standard InChI is InChI=1S/C30H33FN6O2/c1-2-29(39)33-26-5-3-4-24(19-26)30(32-20-23-7-6-22(21-38)18-28(23)35-30)34-25-8-10-27(11-9-25)37-16-14-36(13-12-31)15-17-37/h2-11,18-20,34-35,38H,1,12-17,21H2,(H,33,39). The highest BCUT2D eigenvalue weighted by Gasteiger charge is 2.35. The molecule has 2 aliphatic heterocycles. The number of nitrogens with one attached hydrogen (secondary N) is 3. The van der Waals surface area contributed by atoms with E-state index in [-0.39, 0.29) is 19.2 Å². The average Bonchev–Trinajstić information content (AvgIpc) is 2.98. The van der Waals surface area contributed by atoms with Gasteiger partial charge in [0.15, 0.2) is 0 Å². The van der Waals surface area contributed by atoms with Gasteiger partial charge in [-0.15, -0.1) is 0 Å². The number of aliphatic hydroxyl groups is 1. The highest BCUT2D eigenvalue weighted by Crippen LogP contribution is 2.36. The third-order valence-corrected chi connectivity index (χ3v) is 7.08. The molecule has 0 radical (unpaired) electrons. The Morgan fingerprint density at radius 3 is 2.59 bits per heavy atom. The predicted octanol–water partition coefficient (Wildman–Crippen LogP) is 4.16. The first-order chi connectivity index (χ1) is 19.0. The fraction of sp³-hybridized carbons (Fsp3) is 0.267. The van der Waals surface area contributed by atoms with Crippen LogP contribution in [0, 0.1) is 0 Å². The van der Waals surface area contributed by atoms with E-state index in [9.17, 15) is 14.3 Å². The average molecular weight is 529 g/mol. The van der Waals surface area contributed by atoms with E-state index < -0.39 is 5.79 Å². The number of benzene rings is 3. The highest BCUT2D eigenvalue weighted by atomic mass is 19.1. The minimum atomic E-state index is -1.07. The molecule has 0 saturated carbocycles. The first kappa shape index (κ1) is 26.4. The van der Waals surface area contributed by atoms with Crippen LogP contribution in [0.5, 0.6) is 0 Å². The Hall–Kier alpha value is -4.21. The highest BCUT2D eigenvalue weighted by molar-refractivity contribution is 5.99. The molecule has 0 aromatic heterocycles. The van der Waals surface area contributed by atoms with Crippen LogP contribution in [-0.2, 0) is 17.2 Å². The van der Waals surface area contributed by atoms with Gasteiger partial charge in [-0.2, -0.15) is 0 Å². The summed E-state index contributed by atoms with van der Waals surface area (Å²) in [6, 6.07) is 21.4. The molecule has 8 nitrogen and oxygen atoms in total. The summed E-state index contributed by atoms with van der Waals surface area (Å²) in [5, 5.41) is 19.6. The maximum absolute atomic E-state index is 12.7. The van der Waals surface area contributed by atoms with E-state index >= 15 is 0 Å². The van der Waals surface area contributed by atoms with Gasteiger partial charge in [0.2, 0.25) is 11.7 Å². The normalized spacial score (nSPS) is 18.7. The first-order valence-corrected chi connectivity index (χ1v) is 13.0. The second-order valence-corrected chi connectivity index (χ2v) is 9.64. The lowest BCUT2D eigenvalue weighted by atomic mass is 10.0. The van der Waals surface area contributed by atoms with Crippen molar-refractivity contribution in [3.05, 3.63) is 96.1 Å². The number of carbonyl (C=O) groups excluding carboxylic acids is 1.